The molecule has 0 N–H and O–H groups in total. The fraction of sp³-hybridized carbons (Fsp3) is 0. The third-order valence-electron chi connectivity index (χ3n) is 30.3. The highest BCUT2D eigenvalue weighted by Crippen LogP contribution is 2.47. The number of aromatic nitrogens is 6. The van der Waals surface area contributed by atoms with Crippen molar-refractivity contribution in [3.63, 3.8) is 0 Å². The molecule has 0 amide bonds. The van der Waals surface area contributed by atoms with Crippen LogP contribution in [-0.4, -0.2) is 27.4 Å². The van der Waals surface area contributed by atoms with Gasteiger partial charge >= 0.3 is 0 Å². The highest BCUT2D eigenvalue weighted by atomic mass is 15.0. The smallest absolute Gasteiger partial charge is 0.0541 e. The molecule has 6 heterocycles. The fourth-order valence-corrected chi connectivity index (χ4v) is 23.3. The number of fused-ring (bicyclic) bond motifs is 18. The summed E-state index contributed by atoms with van der Waals surface area (Å²) in [5.41, 5.74) is 43.3. The zero-order chi connectivity index (χ0) is 99.1. The maximum atomic E-state index is 2.43. The van der Waals surface area contributed by atoms with E-state index in [0.717, 1.165) is 22.7 Å². The van der Waals surface area contributed by atoms with E-state index >= 15 is 0 Å². The molecule has 6 aromatic heterocycles. The number of hydrogen-bond donors (Lipinski definition) is 0. The highest BCUT2D eigenvalue weighted by Gasteiger charge is 2.24. The molecule has 24 aromatic carbocycles. The second kappa shape index (κ2) is 37.4. The molecule has 0 bridgehead atoms. The van der Waals surface area contributed by atoms with E-state index in [1.807, 2.05) is 0 Å². The topological polar surface area (TPSA) is 29.6 Å². The van der Waals surface area contributed by atoms with Crippen LogP contribution in [0.1, 0.15) is 0 Å². The quantitative estimate of drug-likeness (QED) is 0.0979. The Morgan fingerprint density at radius 2 is 0.220 bits per heavy atom. The lowest BCUT2D eigenvalue weighted by molar-refractivity contribution is 1.18. The van der Waals surface area contributed by atoms with Crippen molar-refractivity contribution in [3.8, 4) is 134 Å². The predicted molar refractivity (Wildman–Crippen MR) is 634 cm³/mol. The maximum Gasteiger partial charge on any atom is 0.0541 e. The Morgan fingerprint density at radius 3 is 0.473 bits per heavy atom. The van der Waals surface area contributed by atoms with E-state index in [2.05, 4.69) is 610 Å². The summed E-state index contributed by atoms with van der Waals surface area (Å²) < 4.78 is 14.4. The van der Waals surface area contributed by atoms with E-state index < -0.39 is 0 Å². The highest BCUT2D eigenvalue weighted by molar-refractivity contribution is 6.17. The van der Waals surface area contributed by atoms with Crippen molar-refractivity contribution in [3.05, 3.63) is 582 Å². The molecule has 0 spiro atoms. The Bertz CT molecular complexity index is 10200. The number of para-hydroxylation sites is 8. The van der Waals surface area contributed by atoms with Gasteiger partial charge in [-0.3, -0.25) is 0 Å². The van der Waals surface area contributed by atoms with E-state index in [1.54, 1.807) is 0 Å². The van der Waals surface area contributed by atoms with Gasteiger partial charge in [0, 0.05) is 98.8 Å². The molecule has 702 valence electrons. The molecule has 0 unspecified atom stereocenters. The van der Waals surface area contributed by atoms with Crippen molar-refractivity contribution in [1.29, 1.82) is 0 Å². The standard InChI is InChI=1S/3C48H32N2/c1-4-14-33(15-5-1)37-28-38(34-16-6-2-7-17-34)30-40(29-37)50-46-23-13-11-21-42(46)44-32-36(25-27-48(44)50)35-24-26-47-43(31-35)41-20-10-12-22-45(41)49(47)39-18-8-3-9-19-39;1-3-13-33(14-4-1)34-15-11-16-35(29-34)36-17-12-20-40(30-36)50-46-24-10-8-22-42(46)44-32-38(26-28-48(44)50)37-25-27-47-43(31-37)41-21-7-9-23-45(41)49(47)39-18-5-2-6-19-39;1-3-13-33(14-4-1)35-17-11-19-39(29-35)49-45-23-9-7-21-41(45)43-31-37(25-27-47(43)49)38-26-28-48-44(32-38)42-22-8-10-24-46(42)50(48)40-20-12-18-36(30-40)34-15-5-2-6-16-34/h3*1-32H. The van der Waals surface area contributed by atoms with E-state index in [4.69, 9.17) is 0 Å². The average Bonchev–Trinajstić information content (AvgIpc) is 1.59. The molecular formula is C144H96N6. The monoisotopic (exact) mass is 1910 g/mol. The first kappa shape index (κ1) is 87.8. The summed E-state index contributed by atoms with van der Waals surface area (Å²) in [6, 6.07) is 211. The van der Waals surface area contributed by atoms with Gasteiger partial charge in [-0.15, -0.1) is 0 Å². The second-order valence-corrected chi connectivity index (χ2v) is 39.0. The van der Waals surface area contributed by atoms with Gasteiger partial charge in [0.1, 0.15) is 0 Å². The van der Waals surface area contributed by atoms with Crippen LogP contribution in [0.3, 0.4) is 0 Å². The van der Waals surface area contributed by atoms with E-state index in [1.165, 1.54) is 242 Å². The van der Waals surface area contributed by atoms with Crippen molar-refractivity contribution in [2.45, 2.75) is 0 Å². The molecule has 0 atom stereocenters. The molecule has 6 nitrogen and oxygen atoms in total. The zero-order valence-corrected chi connectivity index (χ0v) is 82.1. The lowest BCUT2D eigenvalue weighted by atomic mass is 9.98. The van der Waals surface area contributed by atoms with Gasteiger partial charge in [-0.1, -0.05) is 388 Å². The Morgan fingerprint density at radius 1 is 0.0733 bits per heavy atom. The predicted octanol–water partition coefficient (Wildman–Crippen LogP) is 38.6. The van der Waals surface area contributed by atoms with Gasteiger partial charge in [0.15, 0.2) is 0 Å². The molecule has 0 aliphatic carbocycles. The molecule has 0 aliphatic rings. The number of hydrogen-bond acceptors (Lipinski definition) is 0. The van der Waals surface area contributed by atoms with Crippen LogP contribution in [0.15, 0.2) is 582 Å². The summed E-state index contributed by atoms with van der Waals surface area (Å²) in [5, 5.41) is 15.1. The van der Waals surface area contributed by atoms with Crippen LogP contribution in [0.5, 0.6) is 0 Å². The van der Waals surface area contributed by atoms with Gasteiger partial charge in [-0.05, 0) is 294 Å². The number of nitrogens with zero attached hydrogens (tertiary/aromatic N) is 6. The summed E-state index contributed by atoms with van der Waals surface area (Å²) >= 11 is 0. The van der Waals surface area contributed by atoms with Crippen LogP contribution < -0.4 is 0 Å². The second-order valence-electron chi connectivity index (χ2n) is 39.0. The van der Waals surface area contributed by atoms with Crippen molar-refractivity contribution < 1.29 is 0 Å². The minimum Gasteiger partial charge on any atom is -0.309 e. The molecule has 0 aliphatic heterocycles. The first-order valence-electron chi connectivity index (χ1n) is 51.6. The Balaban J connectivity index is 0.000000108. The molecule has 0 saturated heterocycles. The van der Waals surface area contributed by atoms with E-state index in [-0.39, 0.29) is 0 Å². The maximum absolute atomic E-state index is 2.43. The third kappa shape index (κ3) is 15.6. The zero-order valence-electron chi connectivity index (χ0n) is 82.1. The molecule has 150 heavy (non-hydrogen) atoms. The first-order chi connectivity index (χ1) is 74.4. The molecule has 0 fully saturated rings. The Kier molecular flexibility index (Phi) is 21.9. The van der Waals surface area contributed by atoms with E-state index in [9.17, 15) is 0 Å². The van der Waals surface area contributed by atoms with Gasteiger partial charge in [0.25, 0.3) is 0 Å². The summed E-state index contributed by atoms with van der Waals surface area (Å²) in [7, 11) is 0. The summed E-state index contributed by atoms with van der Waals surface area (Å²) in [6.07, 6.45) is 0. The lowest BCUT2D eigenvalue weighted by Crippen LogP contribution is -1.96. The minimum absolute atomic E-state index is 1.15. The van der Waals surface area contributed by atoms with Crippen LogP contribution in [0.4, 0.5) is 0 Å². The van der Waals surface area contributed by atoms with Crippen LogP contribution >= 0.6 is 0 Å². The van der Waals surface area contributed by atoms with Crippen LogP contribution in [0.2, 0.25) is 0 Å². The van der Waals surface area contributed by atoms with Crippen LogP contribution in [0.25, 0.3) is 265 Å². The Labute approximate surface area is 868 Å². The van der Waals surface area contributed by atoms with E-state index in [0.29, 0.717) is 0 Å². The largest absolute Gasteiger partial charge is 0.309 e. The summed E-state index contributed by atoms with van der Waals surface area (Å²) in [5.74, 6) is 0. The van der Waals surface area contributed by atoms with Crippen molar-refractivity contribution in [2.75, 3.05) is 0 Å². The molecular weight excluding hydrogens is 1810 g/mol. The Hall–Kier alpha value is -19.9. The fourth-order valence-electron chi connectivity index (χ4n) is 23.3. The number of rotatable bonds is 15. The van der Waals surface area contributed by atoms with Crippen molar-refractivity contribution in [2.24, 2.45) is 0 Å². The third-order valence-corrected chi connectivity index (χ3v) is 30.3. The van der Waals surface area contributed by atoms with Crippen LogP contribution in [0, 0.1) is 0 Å². The van der Waals surface area contributed by atoms with Gasteiger partial charge in [-0.25, -0.2) is 0 Å². The molecule has 30 rings (SSSR count). The molecule has 0 saturated carbocycles. The normalized spacial score (nSPS) is 11.6. The molecule has 30 aromatic rings. The molecule has 6 heteroatoms. The van der Waals surface area contributed by atoms with Gasteiger partial charge in [-0.2, -0.15) is 0 Å². The van der Waals surface area contributed by atoms with Crippen LogP contribution in [-0.2, 0) is 0 Å². The minimum atomic E-state index is 1.15. The van der Waals surface area contributed by atoms with Crippen molar-refractivity contribution in [1.82, 2.24) is 27.4 Å². The summed E-state index contributed by atoms with van der Waals surface area (Å²) in [4.78, 5) is 0. The average molecular weight is 1910 g/mol. The van der Waals surface area contributed by atoms with Crippen molar-refractivity contribution >= 4 is 131 Å². The van der Waals surface area contributed by atoms with Gasteiger partial charge in [0.2, 0.25) is 0 Å². The lowest BCUT2D eigenvalue weighted by Gasteiger charge is -2.14. The SMILES string of the molecule is c1ccc(-c2cc(-c3ccccc3)cc(-n3c4ccccc4c4cc(-c5ccc6c(c5)c5ccccc5n6-c5ccccc5)ccc43)c2)cc1.c1ccc(-c2cccc(-c3cccc(-n4c5ccccc5c5cc(-c6ccc7c(c6)c6ccccc6n7-c6ccccc6)ccc54)c3)c2)cc1.c1ccc(-c2cccc(-n3c4ccccc4c4cc(-c5ccc6c(c5)c5ccccc5n6-c5cccc(-c6ccccc6)c5)ccc43)c2)cc1. The van der Waals surface area contributed by atoms with Gasteiger partial charge in [0.05, 0.1) is 66.2 Å². The van der Waals surface area contributed by atoms with Gasteiger partial charge < -0.3 is 27.4 Å². The number of benzene rings is 24. The summed E-state index contributed by atoms with van der Waals surface area (Å²) in [6.45, 7) is 0. The first-order valence-corrected chi connectivity index (χ1v) is 51.6. The molecule has 0 radical (unpaired) electrons.